The third kappa shape index (κ3) is 4.11. The van der Waals surface area contributed by atoms with Crippen molar-refractivity contribution in [2.75, 3.05) is 31.1 Å². The number of anilines is 1. The van der Waals surface area contributed by atoms with Crippen LogP contribution in [0.5, 0.6) is 0 Å². The summed E-state index contributed by atoms with van der Waals surface area (Å²) >= 11 is 1.58. The molecule has 0 spiro atoms. The number of carbonyl (C=O) groups is 1. The molecule has 0 saturated carbocycles. The van der Waals surface area contributed by atoms with Crippen molar-refractivity contribution < 1.29 is 9.69 Å². The van der Waals surface area contributed by atoms with Gasteiger partial charge < -0.3 is 4.90 Å². The van der Waals surface area contributed by atoms with E-state index in [2.05, 4.69) is 19.9 Å². The largest absolute Gasteiger partial charge is 0.334 e. The van der Waals surface area contributed by atoms with Gasteiger partial charge in [0.25, 0.3) is 5.91 Å². The second-order valence-corrected chi connectivity index (χ2v) is 7.51. The van der Waals surface area contributed by atoms with Gasteiger partial charge in [0.2, 0.25) is 0 Å². The number of hydrogen-bond acceptors (Lipinski definition) is 3. The molecule has 4 nitrogen and oxygen atoms in total. The first-order valence-electron chi connectivity index (χ1n) is 9.20. The number of benzene rings is 2. The summed E-state index contributed by atoms with van der Waals surface area (Å²) in [5.74, 6) is 0.0271. The molecule has 1 amide bonds. The maximum atomic E-state index is 13.2. The van der Waals surface area contributed by atoms with Crippen LogP contribution >= 0.6 is 11.3 Å². The molecular formula is C21H26N3OS+. The molecule has 3 aromatic rings. The first-order valence-corrected chi connectivity index (χ1v) is 10.0. The summed E-state index contributed by atoms with van der Waals surface area (Å²) in [5.41, 5.74) is 2.76. The number of carbonyl (C=O) groups excluding carboxylic acids is 1. The van der Waals surface area contributed by atoms with Gasteiger partial charge in [-0.25, -0.2) is 4.98 Å². The molecule has 1 aromatic heterocycles. The van der Waals surface area contributed by atoms with Gasteiger partial charge in [-0.1, -0.05) is 41.2 Å². The number of aryl methyl sites for hydroxylation is 1. The Morgan fingerprint density at radius 2 is 1.88 bits per heavy atom. The molecule has 0 saturated heterocycles. The van der Waals surface area contributed by atoms with Crippen LogP contribution in [0.25, 0.3) is 10.2 Å². The van der Waals surface area contributed by atoms with Crippen LogP contribution in [0.4, 0.5) is 5.13 Å². The molecule has 0 aliphatic rings. The average molecular weight is 369 g/mol. The molecule has 26 heavy (non-hydrogen) atoms. The van der Waals surface area contributed by atoms with Crippen LogP contribution < -0.4 is 9.80 Å². The lowest BCUT2D eigenvalue weighted by atomic mass is 10.1. The van der Waals surface area contributed by atoms with E-state index < -0.39 is 0 Å². The second kappa shape index (κ2) is 8.43. The third-order valence-electron chi connectivity index (χ3n) is 4.71. The van der Waals surface area contributed by atoms with Crippen molar-refractivity contribution in [1.29, 1.82) is 0 Å². The van der Waals surface area contributed by atoms with Crippen LogP contribution in [0.3, 0.4) is 0 Å². The van der Waals surface area contributed by atoms with E-state index in [9.17, 15) is 4.79 Å². The predicted molar refractivity (Wildman–Crippen MR) is 109 cm³/mol. The van der Waals surface area contributed by atoms with E-state index in [1.54, 1.807) is 11.3 Å². The summed E-state index contributed by atoms with van der Waals surface area (Å²) in [7, 11) is 0. The molecule has 5 heteroatoms. The smallest absolute Gasteiger partial charge is 0.260 e. The van der Waals surface area contributed by atoms with Crippen molar-refractivity contribution in [3.05, 3.63) is 59.7 Å². The fraction of sp³-hybridized carbons (Fsp3) is 0.333. The lowest BCUT2D eigenvalue weighted by Crippen LogP contribution is -3.12. The number of likely N-dealkylation sites (N-methyl/N-ethyl adjacent to an activating group) is 1. The first-order chi connectivity index (χ1) is 12.6. The van der Waals surface area contributed by atoms with E-state index >= 15 is 0 Å². The molecular weight excluding hydrogens is 342 g/mol. The minimum absolute atomic E-state index is 0.0271. The minimum atomic E-state index is 0.0271. The average Bonchev–Trinajstić information content (AvgIpc) is 3.08. The molecule has 0 aliphatic carbocycles. The Labute approximate surface area is 159 Å². The monoisotopic (exact) mass is 368 g/mol. The number of fused-ring (bicyclic) bond motifs is 1. The van der Waals surface area contributed by atoms with Gasteiger partial charge in [0, 0.05) is 5.56 Å². The summed E-state index contributed by atoms with van der Waals surface area (Å²) in [6, 6.07) is 15.8. The van der Waals surface area contributed by atoms with Gasteiger partial charge in [0.05, 0.1) is 36.4 Å². The highest BCUT2D eigenvalue weighted by molar-refractivity contribution is 7.22. The fourth-order valence-corrected chi connectivity index (χ4v) is 4.06. The molecule has 0 aliphatic heterocycles. The Morgan fingerprint density at radius 3 is 2.58 bits per heavy atom. The fourth-order valence-electron chi connectivity index (χ4n) is 3.07. The van der Waals surface area contributed by atoms with Gasteiger partial charge in [0.15, 0.2) is 5.13 Å². The molecule has 0 radical (unpaired) electrons. The van der Waals surface area contributed by atoms with Gasteiger partial charge in [-0.2, -0.15) is 0 Å². The van der Waals surface area contributed by atoms with Gasteiger partial charge in [-0.05, 0) is 45.0 Å². The van der Waals surface area contributed by atoms with Crippen LogP contribution in [0.1, 0.15) is 29.8 Å². The van der Waals surface area contributed by atoms with Crippen molar-refractivity contribution in [1.82, 2.24) is 4.98 Å². The SMILES string of the molecule is CC[NH+](CC)CCN(C(=O)c1cccc(C)c1)c1nc2ccccc2s1. The lowest BCUT2D eigenvalue weighted by molar-refractivity contribution is -0.894. The Kier molecular flexibility index (Phi) is 6.01. The number of amides is 1. The number of nitrogens with zero attached hydrogens (tertiary/aromatic N) is 2. The van der Waals surface area contributed by atoms with Gasteiger partial charge in [0.1, 0.15) is 0 Å². The Balaban J connectivity index is 1.93. The maximum Gasteiger partial charge on any atom is 0.260 e. The van der Waals surface area contributed by atoms with Crippen LogP contribution in [0, 0.1) is 6.92 Å². The van der Waals surface area contributed by atoms with Crippen LogP contribution in [0.2, 0.25) is 0 Å². The summed E-state index contributed by atoms with van der Waals surface area (Å²) in [6.45, 7) is 10.1. The molecule has 3 rings (SSSR count). The third-order valence-corrected chi connectivity index (χ3v) is 5.77. The van der Waals surface area contributed by atoms with E-state index in [1.165, 1.54) is 4.90 Å². The lowest BCUT2D eigenvalue weighted by Gasteiger charge is -2.23. The zero-order valence-electron chi connectivity index (χ0n) is 15.7. The number of aromatic nitrogens is 1. The summed E-state index contributed by atoms with van der Waals surface area (Å²) < 4.78 is 1.11. The molecule has 2 aromatic carbocycles. The van der Waals surface area contributed by atoms with Crippen molar-refractivity contribution >= 4 is 32.6 Å². The van der Waals surface area contributed by atoms with E-state index in [4.69, 9.17) is 4.98 Å². The molecule has 1 heterocycles. The number of hydrogen-bond donors (Lipinski definition) is 1. The Hall–Kier alpha value is -2.24. The Morgan fingerprint density at radius 1 is 1.12 bits per heavy atom. The zero-order chi connectivity index (χ0) is 18.5. The maximum absolute atomic E-state index is 13.2. The van der Waals surface area contributed by atoms with Crippen LogP contribution in [-0.4, -0.2) is 37.1 Å². The highest BCUT2D eigenvalue weighted by atomic mass is 32.1. The topological polar surface area (TPSA) is 37.6 Å². The normalized spacial score (nSPS) is 11.2. The van der Waals surface area contributed by atoms with Crippen LogP contribution in [0.15, 0.2) is 48.5 Å². The number of quaternary nitrogens is 1. The highest BCUT2D eigenvalue weighted by Crippen LogP contribution is 2.29. The van der Waals surface area contributed by atoms with Crippen molar-refractivity contribution in [2.45, 2.75) is 20.8 Å². The highest BCUT2D eigenvalue weighted by Gasteiger charge is 2.22. The molecule has 1 N–H and O–H groups in total. The number of para-hydroxylation sites is 1. The van der Waals surface area contributed by atoms with Crippen LogP contribution in [-0.2, 0) is 0 Å². The van der Waals surface area contributed by atoms with Gasteiger partial charge in [-0.3, -0.25) is 9.69 Å². The second-order valence-electron chi connectivity index (χ2n) is 6.50. The minimum Gasteiger partial charge on any atom is -0.334 e. The summed E-state index contributed by atoms with van der Waals surface area (Å²) in [5, 5.41) is 0.782. The zero-order valence-corrected chi connectivity index (χ0v) is 16.5. The molecule has 0 bridgehead atoms. The predicted octanol–water partition coefficient (Wildman–Crippen LogP) is 3.18. The van der Waals surface area contributed by atoms with Crippen molar-refractivity contribution in [2.24, 2.45) is 0 Å². The van der Waals surface area contributed by atoms with E-state index in [0.717, 1.165) is 46.1 Å². The van der Waals surface area contributed by atoms with E-state index in [0.29, 0.717) is 6.54 Å². The molecule has 0 atom stereocenters. The quantitative estimate of drug-likeness (QED) is 0.695. The first kappa shape index (κ1) is 18.5. The van der Waals surface area contributed by atoms with Gasteiger partial charge in [-0.15, -0.1) is 0 Å². The standard InChI is InChI=1S/C21H25N3OS/c1-4-23(5-2)13-14-24(20(25)17-10-8-9-16(3)15-17)21-22-18-11-6-7-12-19(18)26-21/h6-12,15H,4-5,13-14H2,1-3H3/p+1. The van der Waals surface area contributed by atoms with Crippen molar-refractivity contribution in [3.8, 4) is 0 Å². The Bertz CT molecular complexity index is 853. The molecule has 136 valence electrons. The number of thiazole rings is 1. The molecule has 0 unspecified atom stereocenters. The number of nitrogens with one attached hydrogen (secondary N) is 1. The summed E-state index contributed by atoms with van der Waals surface area (Å²) in [6.07, 6.45) is 0. The van der Waals surface area contributed by atoms with E-state index in [-0.39, 0.29) is 5.91 Å². The molecule has 0 fully saturated rings. The van der Waals surface area contributed by atoms with Gasteiger partial charge >= 0.3 is 0 Å². The van der Waals surface area contributed by atoms with Crippen molar-refractivity contribution in [3.63, 3.8) is 0 Å². The number of rotatable bonds is 7. The summed E-state index contributed by atoms with van der Waals surface area (Å²) in [4.78, 5) is 21.3. The van der Waals surface area contributed by atoms with E-state index in [1.807, 2.05) is 54.3 Å².